The molecule has 31 heavy (non-hydrogen) atoms. The van der Waals surface area contributed by atoms with Crippen molar-refractivity contribution >= 4 is 17.7 Å². The van der Waals surface area contributed by atoms with Gasteiger partial charge in [-0.3, -0.25) is 9.59 Å². The van der Waals surface area contributed by atoms with E-state index in [0.717, 1.165) is 12.3 Å². The van der Waals surface area contributed by atoms with Gasteiger partial charge in [-0.05, 0) is 25.0 Å². The molecule has 1 amide bonds. The van der Waals surface area contributed by atoms with Crippen LogP contribution < -0.4 is 4.90 Å². The molecular formula is C22H24F3N3O3. The number of rotatable bonds is 5. The molecule has 0 bridgehead atoms. The van der Waals surface area contributed by atoms with Gasteiger partial charge in [0.25, 0.3) is 5.91 Å². The van der Waals surface area contributed by atoms with Gasteiger partial charge in [0.05, 0.1) is 11.5 Å². The molecule has 1 saturated heterocycles. The molecule has 166 valence electrons. The van der Waals surface area contributed by atoms with E-state index in [4.69, 9.17) is 4.74 Å². The highest BCUT2D eigenvalue weighted by molar-refractivity contribution is 5.85. The first-order chi connectivity index (χ1) is 14.7. The lowest BCUT2D eigenvalue weighted by Gasteiger charge is -2.32. The van der Waals surface area contributed by atoms with Crippen molar-refractivity contribution in [2.45, 2.75) is 25.1 Å². The molecule has 1 aliphatic rings. The third-order valence-electron chi connectivity index (χ3n) is 5.23. The summed E-state index contributed by atoms with van der Waals surface area (Å²) in [5.41, 5.74) is -0.201. The molecule has 9 heteroatoms. The zero-order valence-electron chi connectivity index (χ0n) is 17.3. The second kappa shape index (κ2) is 9.36. The molecule has 0 saturated carbocycles. The van der Waals surface area contributed by atoms with Gasteiger partial charge in [0.1, 0.15) is 5.82 Å². The first kappa shape index (κ1) is 22.6. The van der Waals surface area contributed by atoms with Crippen LogP contribution in [0.15, 0.2) is 48.7 Å². The molecule has 1 aliphatic heterocycles. The second-order valence-electron chi connectivity index (χ2n) is 7.62. The minimum atomic E-state index is -4.43. The van der Waals surface area contributed by atoms with Crippen LogP contribution in [0.4, 0.5) is 19.0 Å². The van der Waals surface area contributed by atoms with Crippen LogP contribution in [0, 0.1) is 5.92 Å². The van der Waals surface area contributed by atoms with Gasteiger partial charge in [-0.1, -0.05) is 30.3 Å². The topological polar surface area (TPSA) is 62.7 Å². The summed E-state index contributed by atoms with van der Waals surface area (Å²) >= 11 is 0. The largest absolute Gasteiger partial charge is 0.447 e. The maximum absolute atomic E-state index is 12.8. The van der Waals surface area contributed by atoms with Crippen LogP contribution in [0.3, 0.4) is 0 Å². The summed E-state index contributed by atoms with van der Waals surface area (Å²) in [4.78, 5) is 32.4. The van der Waals surface area contributed by atoms with E-state index in [1.165, 1.54) is 11.0 Å². The van der Waals surface area contributed by atoms with Gasteiger partial charge in [-0.25, -0.2) is 4.98 Å². The first-order valence-corrected chi connectivity index (χ1v) is 9.91. The Labute approximate surface area is 178 Å². The smallest absolute Gasteiger partial charge is 0.417 e. The molecule has 1 unspecified atom stereocenters. The number of halogens is 3. The van der Waals surface area contributed by atoms with Crippen LogP contribution >= 0.6 is 0 Å². The Hall–Kier alpha value is -3.10. The summed E-state index contributed by atoms with van der Waals surface area (Å²) in [6, 6.07) is 11.2. The Morgan fingerprint density at radius 3 is 2.26 bits per heavy atom. The fraction of sp³-hybridized carbons (Fsp3) is 0.409. The van der Waals surface area contributed by atoms with Crippen molar-refractivity contribution in [2.75, 3.05) is 32.1 Å². The number of nitrogens with zero attached hydrogens (tertiary/aromatic N) is 3. The molecule has 1 aromatic carbocycles. The molecule has 6 nitrogen and oxygen atoms in total. The van der Waals surface area contributed by atoms with Gasteiger partial charge >= 0.3 is 12.1 Å². The number of ether oxygens (including phenoxy) is 1. The highest BCUT2D eigenvalue weighted by Crippen LogP contribution is 2.31. The Balaban J connectivity index is 1.62. The highest BCUT2D eigenvalue weighted by Gasteiger charge is 2.33. The SMILES string of the molecule is CN(C)C(=O)C(OC(=O)C1CCN(c2ccc(C(F)(F)F)cn2)CC1)c1ccccc1. The molecule has 2 heterocycles. The Morgan fingerprint density at radius 1 is 1.10 bits per heavy atom. The average molecular weight is 435 g/mol. The zero-order chi connectivity index (χ0) is 22.6. The number of benzene rings is 1. The molecule has 0 radical (unpaired) electrons. The molecular weight excluding hydrogens is 411 g/mol. The van der Waals surface area contributed by atoms with Gasteiger partial charge in [-0.2, -0.15) is 13.2 Å². The van der Waals surface area contributed by atoms with Crippen LogP contribution in [0.5, 0.6) is 0 Å². The van der Waals surface area contributed by atoms with Crippen LogP contribution in [-0.2, 0) is 20.5 Å². The molecule has 2 aromatic rings. The van der Waals surface area contributed by atoms with E-state index in [9.17, 15) is 22.8 Å². The van der Waals surface area contributed by atoms with Crippen molar-refractivity contribution < 1.29 is 27.5 Å². The summed E-state index contributed by atoms with van der Waals surface area (Å²) in [6.45, 7) is 0.908. The number of hydrogen-bond acceptors (Lipinski definition) is 5. The fourth-order valence-corrected chi connectivity index (χ4v) is 3.42. The maximum atomic E-state index is 12.8. The van der Waals surface area contributed by atoms with Gasteiger partial charge < -0.3 is 14.5 Å². The lowest BCUT2D eigenvalue weighted by Crippen LogP contribution is -2.39. The lowest BCUT2D eigenvalue weighted by molar-refractivity contribution is -0.163. The lowest BCUT2D eigenvalue weighted by atomic mass is 9.96. The molecule has 3 rings (SSSR count). The van der Waals surface area contributed by atoms with Crippen molar-refractivity contribution in [1.29, 1.82) is 0 Å². The van der Waals surface area contributed by atoms with E-state index in [1.54, 1.807) is 38.4 Å². The van der Waals surface area contributed by atoms with Crippen LogP contribution in [0.1, 0.15) is 30.1 Å². The Bertz CT molecular complexity index is 894. The summed E-state index contributed by atoms with van der Waals surface area (Å²) in [6.07, 6.45) is -3.72. The first-order valence-electron chi connectivity index (χ1n) is 9.91. The summed E-state index contributed by atoms with van der Waals surface area (Å²) in [7, 11) is 3.20. The summed E-state index contributed by atoms with van der Waals surface area (Å²) in [5, 5.41) is 0. The number of carbonyl (C=O) groups excluding carboxylic acids is 2. The number of likely N-dealkylation sites (N-methyl/N-ethyl adjacent to an activating group) is 1. The van der Waals surface area contributed by atoms with Crippen molar-refractivity contribution in [2.24, 2.45) is 5.92 Å². The van der Waals surface area contributed by atoms with Gasteiger partial charge in [0.15, 0.2) is 0 Å². The highest BCUT2D eigenvalue weighted by atomic mass is 19.4. The van der Waals surface area contributed by atoms with E-state index in [0.29, 0.717) is 37.3 Å². The number of pyridine rings is 1. The van der Waals surface area contributed by atoms with E-state index in [1.807, 2.05) is 11.0 Å². The molecule has 0 spiro atoms. The number of piperidine rings is 1. The average Bonchev–Trinajstić information content (AvgIpc) is 2.77. The summed E-state index contributed by atoms with van der Waals surface area (Å²) in [5.74, 6) is -0.744. The van der Waals surface area contributed by atoms with Crippen LogP contribution in [0.2, 0.25) is 0 Å². The molecule has 0 N–H and O–H groups in total. The number of hydrogen-bond donors (Lipinski definition) is 0. The number of esters is 1. The van der Waals surface area contributed by atoms with Crippen molar-refractivity contribution in [3.63, 3.8) is 0 Å². The van der Waals surface area contributed by atoms with Gasteiger partial charge in [-0.15, -0.1) is 0 Å². The molecule has 1 fully saturated rings. The fourth-order valence-electron chi connectivity index (χ4n) is 3.42. The normalized spacial score (nSPS) is 16.0. The van der Waals surface area contributed by atoms with Crippen LogP contribution in [0.25, 0.3) is 0 Å². The minimum absolute atomic E-state index is 0.328. The van der Waals surface area contributed by atoms with Gasteiger partial charge in [0, 0.05) is 38.9 Å². The number of alkyl halides is 3. The predicted octanol–water partition coefficient (Wildman–Crippen LogP) is 3.69. The number of anilines is 1. The molecule has 1 aromatic heterocycles. The monoisotopic (exact) mass is 435 g/mol. The zero-order valence-corrected chi connectivity index (χ0v) is 17.3. The minimum Gasteiger partial charge on any atom is -0.447 e. The van der Waals surface area contributed by atoms with Crippen molar-refractivity contribution in [3.05, 3.63) is 59.8 Å². The predicted molar refractivity (Wildman–Crippen MR) is 108 cm³/mol. The quantitative estimate of drug-likeness (QED) is 0.671. The number of carbonyl (C=O) groups is 2. The number of amides is 1. The number of aromatic nitrogens is 1. The molecule has 0 aliphatic carbocycles. The second-order valence-corrected chi connectivity index (χ2v) is 7.62. The standard InChI is InChI=1S/C22H24F3N3O3/c1-27(2)20(29)19(15-6-4-3-5-7-15)31-21(30)16-10-12-28(13-11-16)18-9-8-17(14-26-18)22(23,24)25/h3-9,14,16,19H,10-13H2,1-2H3. The Morgan fingerprint density at radius 2 is 1.74 bits per heavy atom. The third-order valence-corrected chi connectivity index (χ3v) is 5.23. The van der Waals surface area contributed by atoms with E-state index < -0.39 is 29.7 Å². The van der Waals surface area contributed by atoms with Crippen molar-refractivity contribution in [3.8, 4) is 0 Å². The molecule has 1 atom stereocenters. The Kier molecular flexibility index (Phi) is 6.82. The third kappa shape index (κ3) is 5.53. The van der Waals surface area contributed by atoms with Gasteiger partial charge in [0.2, 0.25) is 6.10 Å². The maximum Gasteiger partial charge on any atom is 0.417 e. The van der Waals surface area contributed by atoms with Crippen molar-refractivity contribution in [1.82, 2.24) is 9.88 Å². The van der Waals surface area contributed by atoms with E-state index in [-0.39, 0.29) is 5.91 Å². The van der Waals surface area contributed by atoms with E-state index >= 15 is 0 Å². The van der Waals surface area contributed by atoms with Crippen LogP contribution in [-0.4, -0.2) is 48.9 Å². The van der Waals surface area contributed by atoms with E-state index in [2.05, 4.69) is 4.98 Å². The summed E-state index contributed by atoms with van der Waals surface area (Å²) < 4.78 is 43.7.